The maximum Gasteiger partial charge on any atom is 0.0499 e. The Morgan fingerprint density at radius 3 is 2.00 bits per heavy atom. The van der Waals surface area contributed by atoms with Crippen molar-refractivity contribution in [3.63, 3.8) is 0 Å². The van der Waals surface area contributed by atoms with Gasteiger partial charge in [0.1, 0.15) is 0 Å². The number of nitrogens with zero attached hydrogens (tertiary/aromatic N) is 1. The Morgan fingerprint density at radius 2 is 1.36 bits per heavy atom. The van der Waals surface area contributed by atoms with Crippen LogP contribution in [0.2, 0.25) is 0 Å². The molecule has 1 aliphatic carbocycles. The zero-order valence-corrected chi connectivity index (χ0v) is 12.8. The van der Waals surface area contributed by atoms with Crippen LogP contribution < -0.4 is 0 Å². The van der Waals surface area contributed by atoms with Crippen molar-refractivity contribution in [3.8, 4) is 0 Å². The van der Waals surface area contributed by atoms with Crippen LogP contribution in [-0.4, -0.2) is 12.3 Å². The molecule has 3 aromatic rings. The molecule has 1 saturated carbocycles. The van der Waals surface area contributed by atoms with Gasteiger partial charge in [-0.05, 0) is 40.5 Å². The first kappa shape index (κ1) is 13.5. The van der Waals surface area contributed by atoms with Gasteiger partial charge in [-0.3, -0.25) is 4.99 Å². The molecule has 0 radical (unpaired) electrons. The average Bonchev–Trinajstić information content (AvgIpc) is 2.59. The van der Waals surface area contributed by atoms with Gasteiger partial charge < -0.3 is 0 Å². The van der Waals surface area contributed by atoms with E-state index >= 15 is 0 Å². The molecule has 0 unspecified atom stereocenters. The standard InChI is InChI=1S/C21H21N/c1-2-10-18(11-3-1)22-15-21-19-12-6-4-8-16(19)14-17-9-5-7-13-20(17)21/h4-9,12-15,18H,1-3,10-11H2. The fourth-order valence-corrected chi connectivity index (χ4v) is 3.60. The van der Waals surface area contributed by atoms with Crippen LogP contribution in [0.4, 0.5) is 0 Å². The van der Waals surface area contributed by atoms with Gasteiger partial charge >= 0.3 is 0 Å². The van der Waals surface area contributed by atoms with Crippen molar-refractivity contribution in [1.29, 1.82) is 0 Å². The first-order chi connectivity index (χ1) is 10.9. The molecule has 0 aliphatic heterocycles. The highest BCUT2D eigenvalue weighted by Gasteiger charge is 2.11. The predicted molar refractivity (Wildman–Crippen MR) is 95.9 cm³/mol. The van der Waals surface area contributed by atoms with Crippen LogP contribution in [-0.2, 0) is 0 Å². The number of hydrogen-bond donors (Lipinski definition) is 0. The highest BCUT2D eigenvalue weighted by molar-refractivity contribution is 6.13. The number of rotatable bonds is 2. The predicted octanol–water partition coefficient (Wildman–Crippen LogP) is 5.74. The summed E-state index contributed by atoms with van der Waals surface area (Å²) in [4.78, 5) is 4.93. The van der Waals surface area contributed by atoms with E-state index in [1.807, 2.05) is 0 Å². The summed E-state index contributed by atoms with van der Waals surface area (Å²) in [6, 6.07) is 20.1. The minimum absolute atomic E-state index is 0.520. The van der Waals surface area contributed by atoms with Gasteiger partial charge in [0.25, 0.3) is 0 Å². The van der Waals surface area contributed by atoms with E-state index in [2.05, 4.69) is 60.8 Å². The Hall–Kier alpha value is -2.15. The Labute approximate surface area is 131 Å². The topological polar surface area (TPSA) is 12.4 Å². The fourth-order valence-electron chi connectivity index (χ4n) is 3.60. The molecular weight excluding hydrogens is 266 g/mol. The van der Waals surface area contributed by atoms with E-state index in [1.54, 1.807) is 0 Å². The summed E-state index contributed by atoms with van der Waals surface area (Å²) in [6.45, 7) is 0. The molecule has 0 bridgehead atoms. The lowest BCUT2D eigenvalue weighted by Crippen LogP contribution is -2.09. The van der Waals surface area contributed by atoms with Crippen molar-refractivity contribution in [2.24, 2.45) is 4.99 Å². The maximum absolute atomic E-state index is 4.93. The zero-order chi connectivity index (χ0) is 14.8. The first-order valence-electron chi connectivity index (χ1n) is 8.35. The largest absolute Gasteiger partial charge is 0.289 e. The van der Waals surface area contributed by atoms with Crippen molar-refractivity contribution >= 4 is 27.8 Å². The van der Waals surface area contributed by atoms with Crippen molar-refractivity contribution < 1.29 is 0 Å². The van der Waals surface area contributed by atoms with E-state index in [0.717, 1.165) is 0 Å². The quantitative estimate of drug-likeness (QED) is 0.420. The third kappa shape index (κ3) is 2.52. The summed E-state index contributed by atoms with van der Waals surface area (Å²) in [5.74, 6) is 0. The van der Waals surface area contributed by atoms with Gasteiger partial charge in [0.05, 0.1) is 0 Å². The fraction of sp³-hybridized carbons (Fsp3) is 0.286. The van der Waals surface area contributed by atoms with E-state index in [9.17, 15) is 0 Å². The number of aliphatic imine (C=N–C) groups is 1. The molecule has 110 valence electrons. The van der Waals surface area contributed by atoms with Crippen LogP contribution in [0.5, 0.6) is 0 Å². The molecule has 0 heterocycles. The Balaban J connectivity index is 1.86. The molecule has 0 amide bonds. The second-order valence-electron chi connectivity index (χ2n) is 6.30. The molecule has 0 saturated heterocycles. The molecule has 22 heavy (non-hydrogen) atoms. The summed E-state index contributed by atoms with van der Waals surface area (Å²) in [5.41, 5.74) is 1.28. The molecule has 3 aromatic carbocycles. The average molecular weight is 287 g/mol. The van der Waals surface area contributed by atoms with E-state index < -0.39 is 0 Å². The van der Waals surface area contributed by atoms with E-state index in [-0.39, 0.29) is 0 Å². The number of hydrogen-bond acceptors (Lipinski definition) is 1. The molecule has 1 fully saturated rings. The molecule has 1 aliphatic rings. The van der Waals surface area contributed by atoms with Crippen molar-refractivity contribution in [3.05, 3.63) is 60.2 Å². The van der Waals surface area contributed by atoms with E-state index in [1.165, 1.54) is 59.2 Å². The van der Waals surface area contributed by atoms with Crippen LogP contribution in [0.1, 0.15) is 37.7 Å². The summed E-state index contributed by atoms with van der Waals surface area (Å²) >= 11 is 0. The van der Waals surface area contributed by atoms with Gasteiger partial charge in [0.2, 0.25) is 0 Å². The monoisotopic (exact) mass is 287 g/mol. The summed E-state index contributed by atoms with van der Waals surface area (Å²) in [6.07, 6.45) is 8.68. The Kier molecular flexibility index (Phi) is 3.64. The third-order valence-corrected chi connectivity index (χ3v) is 4.80. The molecule has 0 N–H and O–H groups in total. The lowest BCUT2D eigenvalue weighted by molar-refractivity contribution is 0.444. The van der Waals surface area contributed by atoms with Crippen LogP contribution in [0.25, 0.3) is 21.5 Å². The van der Waals surface area contributed by atoms with Gasteiger partial charge in [-0.15, -0.1) is 0 Å². The van der Waals surface area contributed by atoms with Gasteiger partial charge in [-0.1, -0.05) is 67.8 Å². The van der Waals surface area contributed by atoms with Crippen LogP contribution in [0.15, 0.2) is 59.6 Å². The van der Waals surface area contributed by atoms with E-state index in [4.69, 9.17) is 4.99 Å². The van der Waals surface area contributed by atoms with E-state index in [0.29, 0.717) is 6.04 Å². The first-order valence-corrected chi connectivity index (χ1v) is 8.35. The Bertz CT molecular complexity index is 772. The van der Waals surface area contributed by atoms with Crippen molar-refractivity contribution in [1.82, 2.24) is 0 Å². The molecule has 1 heteroatoms. The smallest absolute Gasteiger partial charge is 0.0499 e. The Morgan fingerprint density at radius 1 is 0.773 bits per heavy atom. The highest BCUT2D eigenvalue weighted by Crippen LogP contribution is 2.28. The zero-order valence-electron chi connectivity index (χ0n) is 12.8. The van der Waals surface area contributed by atoms with Crippen LogP contribution in [0.3, 0.4) is 0 Å². The molecule has 0 spiro atoms. The maximum atomic E-state index is 4.93. The summed E-state index contributed by atoms with van der Waals surface area (Å²) in [5, 5.41) is 5.21. The van der Waals surface area contributed by atoms with Gasteiger partial charge in [-0.25, -0.2) is 0 Å². The number of benzene rings is 3. The normalized spacial score (nSPS) is 16.7. The second kappa shape index (κ2) is 5.92. The lowest BCUT2D eigenvalue weighted by atomic mass is 9.95. The summed E-state index contributed by atoms with van der Waals surface area (Å²) in [7, 11) is 0. The van der Waals surface area contributed by atoms with Gasteiger partial charge in [-0.2, -0.15) is 0 Å². The molecule has 1 nitrogen and oxygen atoms in total. The minimum atomic E-state index is 0.520. The van der Waals surface area contributed by atoms with Gasteiger partial charge in [0, 0.05) is 17.8 Å². The highest BCUT2D eigenvalue weighted by atomic mass is 14.8. The summed E-state index contributed by atoms with van der Waals surface area (Å²) < 4.78 is 0. The SMILES string of the molecule is C(=NC1CCCCC1)c1c2ccccc2cc2ccccc12. The molecule has 0 atom stereocenters. The van der Waals surface area contributed by atoms with Crippen molar-refractivity contribution in [2.75, 3.05) is 0 Å². The second-order valence-corrected chi connectivity index (χ2v) is 6.30. The van der Waals surface area contributed by atoms with Crippen molar-refractivity contribution in [2.45, 2.75) is 38.1 Å². The lowest BCUT2D eigenvalue weighted by Gasteiger charge is -2.17. The number of fused-ring (bicyclic) bond motifs is 2. The third-order valence-electron chi connectivity index (χ3n) is 4.80. The molecular formula is C21H21N. The van der Waals surface area contributed by atoms with Crippen LogP contribution in [0, 0.1) is 0 Å². The molecule has 0 aromatic heterocycles. The minimum Gasteiger partial charge on any atom is -0.289 e. The van der Waals surface area contributed by atoms with Gasteiger partial charge in [0.15, 0.2) is 0 Å². The molecule has 4 rings (SSSR count). The van der Waals surface area contributed by atoms with Crippen LogP contribution >= 0.6 is 0 Å².